The number of hydrogen-bond donors (Lipinski definition) is 1. The Morgan fingerprint density at radius 3 is 2.85 bits per heavy atom. The molecule has 1 aliphatic carbocycles. The molecule has 1 aliphatic heterocycles. The summed E-state index contributed by atoms with van der Waals surface area (Å²) in [6.45, 7) is 2.89. The number of furan rings is 1. The number of carbonyl (C=O) groups excluding carboxylic acids is 2. The van der Waals surface area contributed by atoms with Crippen LogP contribution in [-0.2, 0) is 29.0 Å². The van der Waals surface area contributed by atoms with Gasteiger partial charge in [0.25, 0.3) is 0 Å². The van der Waals surface area contributed by atoms with Crippen LogP contribution < -0.4 is 5.32 Å². The zero-order valence-corrected chi connectivity index (χ0v) is 15.7. The number of benzene rings is 1. The Morgan fingerprint density at radius 1 is 1.26 bits per heavy atom. The van der Waals surface area contributed by atoms with Gasteiger partial charge in [-0.25, -0.2) is 0 Å². The van der Waals surface area contributed by atoms with E-state index in [0.29, 0.717) is 13.1 Å². The zero-order chi connectivity index (χ0) is 18.8. The normalized spacial score (nSPS) is 20.4. The van der Waals surface area contributed by atoms with Gasteiger partial charge in [-0.1, -0.05) is 18.2 Å². The van der Waals surface area contributed by atoms with Gasteiger partial charge >= 0.3 is 0 Å². The lowest BCUT2D eigenvalue weighted by atomic mass is 9.89. The number of fused-ring (bicyclic) bond motifs is 1. The van der Waals surface area contributed by atoms with Crippen LogP contribution in [0.2, 0.25) is 0 Å². The van der Waals surface area contributed by atoms with Gasteiger partial charge in [-0.15, -0.1) is 0 Å². The van der Waals surface area contributed by atoms with Crippen LogP contribution >= 0.6 is 0 Å². The van der Waals surface area contributed by atoms with Crippen molar-refractivity contribution in [1.82, 2.24) is 10.2 Å². The standard InChI is InChI=1S/C22H26N2O3/c1-15(17-9-8-16-5-2-3-6-18(16)11-17)23-22(26)19-12-21(25)24(13-19)14-20-7-4-10-27-20/h4,7-11,15,19H,2-3,5-6,12-14H2,1H3,(H,23,26)/t15-,19-/m0/s1. The minimum absolute atomic E-state index is 0.00739. The van der Waals surface area contributed by atoms with Crippen molar-refractivity contribution in [3.63, 3.8) is 0 Å². The molecule has 0 spiro atoms. The molecule has 27 heavy (non-hydrogen) atoms. The van der Waals surface area contributed by atoms with Crippen molar-refractivity contribution >= 4 is 11.8 Å². The molecule has 4 rings (SSSR count). The molecule has 1 saturated heterocycles. The fourth-order valence-electron chi connectivity index (χ4n) is 4.13. The SMILES string of the molecule is C[C@H](NC(=O)[C@H]1CC(=O)N(Cc2ccco2)C1)c1ccc2c(c1)CCCC2. The first-order chi connectivity index (χ1) is 13.1. The van der Waals surface area contributed by atoms with Crippen molar-refractivity contribution in [3.8, 4) is 0 Å². The van der Waals surface area contributed by atoms with Gasteiger partial charge in [-0.2, -0.15) is 0 Å². The smallest absolute Gasteiger partial charge is 0.225 e. The summed E-state index contributed by atoms with van der Waals surface area (Å²) in [5.41, 5.74) is 4.00. The molecule has 5 nitrogen and oxygen atoms in total. The van der Waals surface area contributed by atoms with E-state index in [-0.39, 0.29) is 30.2 Å². The molecule has 2 aliphatic rings. The Bertz CT molecular complexity index is 828. The third kappa shape index (κ3) is 3.92. The Hall–Kier alpha value is -2.56. The van der Waals surface area contributed by atoms with Crippen molar-refractivity contribution < 1.29 is 14.0 Å². The number of carbonyl (C=O) groups is 2. The first-order valence-corrected chi connectivity index (χ1v) is 9.82. The van der Waals surface area contributed by atoms with Crippen LogP contribution in [0.5, 0.6) is 0 Å². The van der Waals surface area contributed by atoms with Crippen LogP contribution in [-0.4, -0.2) is 23.3 Å². The monoisotopic (exact) mass is 366 g/mol. The third-order valence-electron chi connectivity index (χ3n) is 5.74. The molecule has 1 N–H and O–H groups in total. The number of nitrogens with zero attached hydrogens (tertiary/aromatic N) is 1. The molecule has 0 saturated carbocycles. The molecule has 0 unspecified atom stereocenters. The summed E-state index contributed by atoms with van der Waals surface area (Å²) < 4.78 is 5.31. The van der Waals surface area contributed by atoms with Crippen LogP contribution in [0.1, 0.15) is 54.7 Å². The molecular weight excluding hydrogens is 340 g/mol. The maximum atomic E-state index is 12.7. The summed E-state index contributed by atoms with van der Waals surface area (Å²) in [6.07, 6.45) is 6.66. The highest BCUT2D eigenvalue weighted by atomic mass is 16.3. The van der Waals surface area contributed by atoms with Crippen LogP contribution in [0.4, 0.5) is 0 Å². The predicted molar refractivity (Wildman–Crippen MR) is 102 cm³/mol. The molecule has 2 aromatic rings. The maximum Gasteiger partial charge on any atom is 0.225 e. The maximum absolute atomic E-state index is 12.7. The number of rotatable bonds is 5. The van der Waals surface area contributed by atoms with Crippen molar-refractivity contribution in [3.05, 3.63) is 59.0 Å². The Labute approximate surface area is 159 Å². The zero-order valence-electron chi connectivity index (χ0n) is 15.7. The van der Waals surface area contributed by atoms with Gasteiger partial charge in [0.2, 0.25) is 11.8 Å². The molecule has 5 heteroatoms. The van der Waals surface area contributed by atoms with E-state index < -0.39 is 0 Å². The molecule has 1 aromatic carbocycles. The van der Waals surface area contributed by atoms with E-state index in [4.69, 9.17) is 4.42 Å². The van der Waals surface area contributed by atoms with E-state index in [0.717, 1.165) is 24.2 Å². The third-order valence-corrected chi connectivity index (χ3v) is 5.74. The van der Waals surface area contributed by atoms with Gasteiger partial charge in [-0.3, -0.25) is 9.59 Å². The van der Waals surface area contributed by atoms with Crippen molar-refractivity contribution in [2.45, 2.75) is 51.6 Å². The fraction of sp³-hybridized carbons (Fsp3) is 0.455. The summed E-state index contributed by atoms with van der Waals surface area (Å²) in [5.74, 6) is 0.405. The number of nitrogens with one attached hydrogen (secondary N) is 1. The second-order valence-corrected chi connectivity index (χ2v) is 7.72. The Morgan fingerprint density at radius 2 is 2.07 bits per heavy atom. The average molecular weight is 366 g/mol. The minimum atomic E-state index is -0.299. The van der Waals surface area contributed by atoms with Gasteiger partial charge < -0.3 is 14.6 Å². The Balaban J connectivity index is 1.36. The lowest BCUT2D eigenvalue weighted by Gasteiger charge is -2.21. The average Bonchev–Trinajstić information content (AvgIpc) is 3.32. The predicted octanol–water partition coefficient (Wildman–Crippen LogP) is 3.38. The molecule has 142 valence electrons. The van der Waals surface area contributed by atoms with Gasteiger partial charge in [0, 0.05) is 13.0 Å². The molecule has 2 atom stereocenters. The molecule has 2 heterocycles. The van der Waals surface area contributed by atoms with Crippen molar-refractivity contribution in [1.29, 1.82) is 0 Å². The molecule has 0 radical (unpaired) electrons. The molecule has 1 fully saturated rings. The lowest BCUT2D eigenvalue weighted by Crippen LogP contribution is -2.34. The summed E-state index contributed by atoms with van der Waals surface area (Å²) in [4.78, 5) is 26.6. The molecule has 2 amide bonds. The summed E-state index contributed by atoms with van der Waals surface area (Å²) in [6, 6.07) is 10.2. The van der Waals surface area contributed by atoms with Gasteiger partial charge in [0.15, 0.2) is 0 Å². The van der Waals surface area contributed by atoms with E-state index >= 15 is 0 Å². The van der Waals surface area contributed by atoms with Crippen molar-refractivity contribution in [2.75, 3.05) is 6.54 Å². The summed E-state index contributed by atoms with van der Waals surface area (Å²) in [7, 11) is 0. The van der Waals surface area contributed by atoms with E-state index in [2.05, 4.69) is 23.5 Å². The molecular formula is C22H26N2O3. The van der Waals surface area contributed by atoms with Crippen LogP contribution in [0.15, 0.2) is 41.0 Å². The first-order valence-electron chi connectivity index (χ1n) is 9.82. The first kappa shape index (κ1) is 17.8. The number of likely N-dealkylation sites (tertiary alicyclic amines) is 1. The van der Waals surface area contributed by atoms with Crippen LogP contribution in [0.3, 0.4) is 0 Å². The van der Waals surface area contributed by atoms with Crippen LogP contribution in [0.25, 0.3) is 0 Å². The van der Waals surface area contributed by atoms with Crippen molar-refractivity contribution in [2.24, 2.45) is 5.92 Å². The van der Waals surface area contributed by atoms with Crippen LogP contribution in [0, 0.1) is 5.92 Å². The fourth-order valence-corrected chi connectivity index (χ4v) is 4.13. The second kappa shape index (κ2) is 7.59. The summed E-state index contributed by atoms with van der Waals surface area (Å²) in [5, 5.41) is 3.10. The lowest BCUT2D eigenvalue weighted by molar-refractivity contribution is -0.129. The highest BCUT2D eigenvalue weighted by Gasteiger charge is 2.35. The molecule has 0 bridgehead atoms. The quantitative estimate of drug-likeness (QED) is 0.882. The van der Waals surface area contributed by atoms with Gasteiger partial charge in [-0.05, 0) is 61.4 Å². The van der Waals surface area contributed by atoms with E-state index in [1.165, 1.54) is 24.0 Å². The highest BCUT2D eigenvalue weighted by Crippen LogP contribution is 2.26. The van der Waals surface area contributed by atoms with E-state index in [1.807, 2.05) is 13.0 Å². The second-order valence-electron chi connectivity index (χ2n) is 7.72. The largest absolute Gasteiger partial charge is 0.467 e. The summed E-state index contributed by atoms with van der Waals surface area (Å²) >= 11 is 0. The minimum Gasteiger partial charge on any atom is -0.467 e. The van der Waals surface area contributed by atoms with Gasteiger partial charge in [0.05, 0.1) is 24.8 Å². The van der Waals surface area contributed by atoms with E-state index in [1.54, 1.807) is 17.2 Å². The highest BCUT2D eigenvalue weighted by molar-refractivity contribution is 5.89. The van der Waals surface area contributed by atoms with Gasteiger partial charge in [0.1, 0.15) is 5.76 Å². The Kier molecular flexibility index (Phi) is 5.01. The number of hydrogen-bond acceptors (Lipinski definition) is 3. The number of amides is 2. The molecule has 1 aromatic heterocycles. The van der Waals surface area contributed by atoms with E-state index in [9.17, 15) is 9.59 Å². The number of aryl methyl sites for hydroxylation is 2. The topological polar surface area (TPSA) is 62.6 Å².